The highest BCUT2D eigenvalue weighted by Crippen LogP contribution is 2.18. The van der Waals surface area contributed by atoms with E-state index in [2.05, 4.69) is 10.3 Å². The molecule has 1 rings (SSSR count). The van der Waals surface area contributed by atoms with Gasteiger partial charge in [-0.3, -0.25) is 0 Å². The number of pyridine rings is 1. The van der Waals surface area contributed by atoms with Gasteiger partial charge in [-0.05, 0) is 0 Å². The summed E-state index contributed by atoms with van der Waals surface area (Å²) in [7, 11) is 0. The number of hydrogen-bond donors (Lipinski definition) is 2. The first-order chi connectivity index (χ1) is 7.35. The smallest absolute Gasteiger partial charge is 0.251 e. The average molecular weight is 234 g/mol. The predicted molar refractivity (Wildman–Crippen MR) is 53.5 cm³/mol. The molecule has 0 radical (unpaired) electrons. The molecule has 90 valence electrons. The number of anilines is 1. The summed E-state index contributed by atoms with van der Waals surface area (Å²) in [5.74, 6) is -4.01. The van der Waals surface area contributed by atoms with Gasteiger partial charge in [0, 0.05) is 24.6 Å². The molecular weight excluding hydrogens is 221 g/mol. The number of rotatable bonds is 4. The maximum absolute atomic E-state index is 13.1. The SMILES string of the molecule is CC(C)(CO)CNc1nc(F)c(F)cc1F. The molecule has 0 bridgehead atoms. The molecule has 6 heteroatoms. The van der Waals surface area contributed by atoms with E-state index in [0.717, 1.165) is 0 Å². The molecule has 0 aromatic carbocycles. The molecular formula is C10H13F3N2O. The van der Waals surface area contributed by atoms with Gasteiger partial charge in [0.2, 0.25) is 0 Å². The van der Waals surface area contributed by atoms with Crippen LogP contribution in [0.15, 0.2) is 6.07 Å². The van der Waals surface area contributed by atoms with Crippen LogP contribution < -0.4 is 5.32 Å². The van der Waals surface area contributed by atoms with Crippen LogP contribution in [0.4, 0.5) is 19.0 Å². The Morgan fingerprint density at radius 3 is 2.50 bits per heavy atom. The second kappa shape index (κ2) is 4.69. The lowest BCUT2D eigenvalue weighted by Crippen LogP contribution is -2.27. The van der Waals surface area contributed by atoms with Gasteiger partial charge in [0.25, 0.3) is 5.95 Å². The van der Waals surface area contributed by atoms with Crippen LogP contribution in [0, 0.1) is 23.0 Å². The minimum atomic E-state index is -1.36. The molecule has 0 saturated carbocycles. The van der Waals surface area contributed by atoms with Crippen LogP contribution in [0.5, 0.6) is 0 Å². The highest BCUT2D eigenvalue weighted by atomic mass is 19.2. The minimum Gasteiger partial charge on any atom is -0.396 e. The number of aliphatic hydroxyl groups is 1. The first-order valence-electron chi connectivity index (χ1n) is 4.72. The standard InChI is InChI=1S/C10H13F3N2O/c1-10(2,5-16)4-14-9-7(12)3-6(11)8(13)15-9/h3,16H,4-5H2,1-2H3,(H,14,15). The second-order valence-corrected chi connectivity index (χ2v) is 4.27. The zero-order chi connectivity index (χ0) is 12.3. The fourth-order valence-electron chi connectivity index (χ4n) is 0.947. The lowest BCUT2D eigenvalue weighted by Gasteiger charge is -2.22. The number of nitrogens with one attached hydrogen (secondary N) is 1. The van der Waals surface area contributed by atoms with Crippen molar-refractivity contribution in [3.63, 3.8) is 0 Å². The molecule has 0 spiro atoms. The van der Waals surface area contributed by atoms with Gasteiger partial charge < -0.3 is 10.4 Å². The van der Waals surface area contributed by atoms with E-state index in [1.165, 1.54) is 0 Å². The van der Waals surface area contributed by atoms with Crippen molar-refractivity contribution in [1.29, 1.82) is 0 Å². The van der Waals surface area contributed by atoms with Crippen molar-refractivity contribution in [3.05, 3.63) is 23.6 Å². The zero-order valence-electron chi connectivity index (χ0n) is 9.02. The van der Waals surface area contributed by atoms with Crippen molar-refractivity contribution in [2.75, 3.05) is 18.5 Å². The molecule has 0 unspecified atom stereocenters. The van der Waals surface area contributed by atoms with Gasteiger partial charge in [-0.1, -0.05) is 13.8 Å². The van der Waals surface area contributed by atoms with Crippen molar-refractivity contribution in [2.24, 2.45) is 5.41 Å². The van der Waals surface area contributed by atoms with Crippen LogP contribution in [0.3, 0.4) is 0 Å². The molecule has 1 aromatic rings. The van der Waals surface area contributed by atoms with Crippen LogP contribution in [-0.4, -0.2) is 23.2 Å². The molecule has 0 fully saturated rings. The van der Waals surface area contributed by atoms with E-state index in [1.807, 2.05) is 0 Å². The van der Waals surface area contributed by atoms with Crippen LogP contribution in [0.1, 0.15) is 13.8 Å². The van der Waals surface area contributed by atoms with Crippen molar-refractivity contribution in [2.45, 2.75) is 13.8 Å². The fraction of sp³-hybridized carbons (Fsp3) is 0.500. The zero-order valence-corrected chi connectivity index (χ0v) is 9.02. The molecule has 3 nitrogen and oxygen atoms in total. The lowest BCUT2D eigenvalue weighted by atomic mass is 9.95. The normalized spacial score (nSPS) is 11.6. The van der Waals surface area contributed by atoms with E-state index in [4.69, 9.17) is 5.11 Å². The highest BCUT2D eigenvalue weighted by molar-refractivity contribution is 5.36. The summed E-state index contributed by atoms with van der Waals surface area (Å²) in [5.41, 5.74) is -0.501. The fourth-order valence-corrected chi connectivity index (χ4v) is 0.947. The Morgan fingerprint density at radius 1 is 1.31 bits per heavy atom. The van der Waals surface area contributed by atoms with Gasteiger partial charge in [0.15, 0.2) is 17.5 Å². The summed E-state index contributed by atoms with van der Waals surface area (Å²) in [6.07, 6.45) is 0. The maximum atomic E-state index is 13.1. The Morgan fingerprint density at radius 2 is 1.94 bits per heavy atom. The molecule has 2 N–H and O–H groups in total. The van der Waals surface area contributed by atoms with E-state index in [-0.39, 0.29) is 19.0 Å². The summed E-state index contributed by atoms with van der Waals surface area (Å²) in [4.78, 5) is 3.10. The number of hydrogen-bond acceptors (Lipinski definition) is 3. The van der Waals surface area contributed by atoms with E-state index < -0.39 is 23.0 Å². The topological polar surface area (TPSA) is 45.1 Å². The largest absolute Gasteiger partial charge is 0.396 e. The molecule has 1 heterocycles. The van der Waals surface area contributed by atoms with E-state index in [9.17, 15) is 13.2 Å². The Balaban J connectivity index is 2.79. The minimum absolute atomic E-state index is 0.120. The number of aromatic nitrogens is 1. The summed E-state index contributed by atoms with van der Waals surface area (Å²) in [6, 6.07) is 0.427. The van der Waals surface area contributed by atoms with Crippen molar-refractivity contribution >= 4 is 5.82 Å². The van der Waals surface area contributed by atoms with Gasteiger partial charge in [-0.25, -0.2) is 8.78 Å². The number of halogens is 3. The summed E-state index contributed by atoms with van der Waals surface area (Å²) in [6.45, 7) is 3.54. The Labute approximate surface area is 91.3 Å². The van der Waals surface area contributed by atoms with Crippen molar-refractivity contribution in [3.8, 4) is 0 Å². The highest BCUT2D eigenvalue weighted by Gasteiger charge is 2.18. The second-order valence-electron chi connectivity index (χ2n) is 4.27. The first kappa shape index (κ1) is 12.8. The van der Waals surface area contributed by atoms with Crippen molar-refractivity contribution in [1.82, 2.24) is 4.98 Å². The van der Waals surface area contributed by atoms with Crippen LogP contribution in [0.25, 0.3) is 0 Å². The van der Waals surface area contributed by atoms with Gasteiger partial charge in [0.05, 0.1) is 0 Å². The Bertz CT molecular complexity index is 383. The maximum Gasteiger partial charge on any atom is 0.251 e. The number of nitrogens with zero attached hydrogens (tertiary/aromatic N) is 1. The molecule has 0 aliphatic rings. The van der Waals surface area contributed by atoms with E-state index >= 15 is 0 Å². The predicted octanol–water partition coefficient (Wildman–Crippen LogP) is 1.93. The third-order valence-corrected chi connectivity index (χ3v) is 2.05. The van der Waals surface area contributed by atoms with Crippen LogP contribution in [-0.2, 0) is 0 Å². The van der Waals surface area contributed by atoms with Gasteiger partial charge >= 0.3 is 0 Å². The van der Waals surface area contributed by atoms with Crippen LogP contribution >= 0.6 is 0 Å². The third-order valence-electron chi connectivity index (χ3n) is 2.05. The van der Waals surface area contributed by atoms with E-state index in [0.29, 0.717) is 6.07 Å². The summed E-state index contributed by atoms with van der Waals surface area (Å²) >= 11 is 0. The molecule has 0 amide bonds. The summed E-state index contributed by atoms with van der Waals surface area (Å²) in [5, 5.41) is 11.5. The van der Waals surface area contributed by atoms with Crippen LogP contribution in [0.2, 0.25) is 0 Å². The monoisotopic (exact) mass is 234 g/mol. The third kappa shape index (κ3) is 3.10. The average Bonchev–Trinajstić information content (AvgIpc) is 2.22. The Kier molecular flexibility index (Phi) is 3.74. The molecule has 0 aliphatic carbocycles. The first-order valence-corrected chi connectivity index (χ1v) is 4.72. The molecule has 1 aromatic heterocycles. The van der Waals surface area contributed by atoms with Gasteiger partial charge in [-0.2, -0.15) is 9.37 Å². The van der Waals surface area contributed by atoms with Gasteiger partial charge in [-0.15, -0.1) is 0 Å². The molecule has 0 saturated heterocycles. The van der Waals surface area contributed by atoms with Gasteiger partial charge in [0.1, 0.15) is 0 Å². The van der Waals surface area contributed by atoms with Crippen molar-refractivity contribution < 1.29 is 18.3 Å². The molecule has 0 atom stereocenters. The summed E-state index contributed by atoms with van der Waals surface area (Å²) < 4.78 is 38.4. The quantitative estimate of drug-likeness (QED) is 0.782. The molecule has 0 aliphatic heterocycles. The lowest BCUT2D eigenvalue weighted by molar-refractivity contribution is 0.170. The van der Waals surface area contributed by atoms with E-state index in [1.54, 1.807) is 13.8 Å². The molecule has 16 heavy (non-hydrogen) atoms. The number of aliphatic hydroxyl groups excluding tert-OH is 1. The Hall–Kier alpha value is -1.30.